The van der Waals surface area contributed by atoms with Gasteiger partial charge in [-0.05, 0) is 24.6 Å². The third kappa shape index (κ3) is 1.25. The van der Waals surface area contributed by atoms with Crippen molar-refractivity contribution in [3.05, 3.63) is 35.4 Å². The number of hydrogen-bond donors (Lipinski definition) is 0. The van der Waals surface area contributed by atoms with Crippen molar-refractivity contribution < 1.29 is 0 Å². The van der Waals surface area contributed by atoms with E-state index in [-0.39, 0.29) is 0 Å². The lowest BCUT2D eigenvalue weighted by atomic mass is 10.0. The van der Waals surface area contributed by atoms with Gasteiger partial charge in [0.2, 0.25) is 0 Å². The Bertz CT molecular complexity index is 280. The minimum absolute atomic E-state index is 0.709. The predicted octanol–water partition coefficient (Wildman–Crippen LogP) is 2.24. The first-order valence-corrected chi connectivity index (χ1v) is 4.61. The molecule has 1 heteroatoms. The Balaban J connectivity index is 2.29. The van der Waals surface area contributed by atoms with Crippen molar-refractivity contribution in [1.29, 1.82) is 0 Å². The standard InChI is InChI=1S/C11H15N/c1-3-9-6-4-5-7-10(9)11-8-12(11)2/h4-7,11H,3,8H2,1-2H3/t11-,12?/m1/s1. The summed E-state index contributed by atoms with van der Waals surface area (Å²) in [4.78, 5) is 2.37. The third-order valence-electron chi connectivity index (χ3n) is 2.65. The second-order valence-corrected chi connectivity index (χ2v) is 3.51. The van der Waals surface area contributed by atoms with Crippen LogP contribution in [0.2, 0.25) is 0 Å². The number of likely N-dealkylation sites (N-methyl/N-ethyl adjacent to an activating group) is 1. The Labute approximate surface area is 74.0 Å². The summed E-state index contributed by atoms with van der Waals surface area (Å²) < 4.78 is 0. The van der Waals surface area contributed by atoms with Crippen molar-refractivity contribution in [2.75, 3.05) is 13.6 Å². The Morgan fingerprint density at radius 1 is 1.42 bits per heavy atom. The van der Waals surface area contributed by atoms with Crippen molar-refractivity contribution in [2.24, 2.45) is 0 Å². The van der Waals surface area contributed by atoms with Crippen LogP contribution in [0.1, 0.15) is 24.1 Å². The Hall–Kier alpha value is -0.820. The number of hydrogen-bond acceptors (Lipinski definition) is 1. The molecule has 1 unspecified atom stereocenters. The van der Waals surface area contributed by atoms with Crippen LogP contribution in [-0.2, 0) is 6.42 Å². The highest BCUT2D eigenvalue weighted by molar-refractivity contribution is 5.33. The van der Waals surface area contributed by atoms with Crippen LogP contribution in [0.3, 0.4) is 0 Å². The second kappa shape index (κ2) is 2.91. The molecule has 0 N–H and O–H groups in total. The largest absolute Gasteiger partial charge is 0.296 e. The van der Waals surface area contributed by atoms with Crippen molar-refractivity contribution in [1.82, 2.24) is 4.90 Å². The summed E-state index contributed by atoms with van der Waals surface area (Å²) in [7, 11) is 2.18. The van der Waals surface area contributed by atoms with Gasteiger partial charge in [0, 0.05) is 12.6 Å². The topological polar surface area (TPSA) is 3.01 Å². The molecule has 1 saturated heterocycles. The first-order valence-electron chi connectivity index (χ1n) is 4.61. The van der Waals surface area contributed by atoms with Gasteiger partial charge in [0.25, 0.3) is 0 Å². The molecule has 1 aliphatic heterocycles. The fraction of sp³-hybridized carbons (Fsp3) is 0.455. The van der Waals surface area contributed by atoms with Gasteiger partial charge >= 0.3 is 0 Å². The lowest BCUT2D eigenvalue weighted by molar-refractivity contribution is 0.628. The smallest absolute Gasteiger partial charge is 0.0475 e. The molecule has 0 aromatic heterocycles. The van der Waals surface area contributed by atoms with Gasteiger partial charge in [0.1, 0.15) is 0 Å². The average Bonchev–Trinajstić information content (AvgIpc) is 2.83. The zero-order valence-electron chi connectivity index (χ0n) is 7.75. The van der Waals surface area contributed by atoms with E-state index in [1.54, 1.807) is 0 Å². The van der Waals surface area contributed by atoms with Crippen LogP contribution in [0.15, 0.2) is 24.3 Å². The van der Waals surface area contributed by atoms with Gasteiger partial charge in [-0.25, -0.2) is 0 Å². The molecule has 1 aliphatic rings. The van der Waals surface area contributed by atoms with Gasteiger partial charge in [0.05, 0.1) is 0 Å². The van der Waals surface area contributed by atoms with Gasteiger partial charge in [-0.1, -0.05) is 31.2 Å². The van der Waals surface area contributed by atoms with E-state index in [2.05, 4.69) is 43.1 Å². The molecule has 2 atom stereocenters. The van der Waals surface area contributed by atoms with E-state index >= 15 is 0 Å². The number of rotatable bonds is 2. The maximum atomic E-state index is 2.37. The summed E-state index contributed by atoms with van der Waals surface area (Å²) in [6, 6.07) is 9.47. The van der Waals surface area contributed by atoms with Gasteiger partial charge in [-0.15, -0.1) is 0 Å². The highest BCUT2D eigenvalue weighted by Gasteiger charge is 2.32. The molecule has 1 heterocycles. The molecule has 12 heavy (non-hydrogen) atoms. The fourth-order valence-electron chi connectivity index (χ4n) is 1.74. The minimum Gasteiger partial charge on any atom is -0.296 e. The minimum atomic E-state index is 0.709. The van der Waals surface area contributed by atoms with Gasteiger partial charge in [-0.3, -0.25) is 4.90 Å². The summed E-state index contributed by atoms with van der Waals surface area (Å²) in [6.07, 6.45) is 1.15. The highest BCUT2D eigenvalue weighted by atomic mass is 15.3. The van der Waals surface area contributed by atoms with Gasteiger partial charge in [0.15, 0.2) is 0 Å². The lowest BCUT2D eigenvalue weighted by Gasteiger charge is -2.05. The highest BCUT2D eigenvalue weighted by Crippen LogP contribution is 2.34. The molecule has 2 rings (SSSR count). The van der Waals surface area contributed by atoms with Crippen LogP contribution < -0.4 is 0 Å². The van der Waals surface area contributed by atoms with Crippen LogP contribution >= 0.6 is 0 Å². The fourth-order valence-corrected chi connectivity index (χ4v) is 1.74. The summed E-state index contributed by atoms with van der Waals surface area (Å²) in [5.41, 5.74) is 3.04. The molecule has 0 bridgehead atoms. The summed E-state index contributed by atoms with van der Waals surface area (Å²) in [6.45, 7) is 3.46. The van der Waals surface area contributed by atoms with Crippen LogP contribution in [0.25, 0.3) is 0 Å². The number of nitrogens with zero attached hydrogens (tertiary/aromatic N) is 1. The van der Waals surface area contributed by atoms with Crippen molar-refractivity contribution in [3.63, 3.8) is 0 Å². The molecule has 0 saturated carbocycles. The predicted molar refractivity (Wildman–Crippen MR) is 51.2 cm³/mol. The van der Waals surface area contributed by atoms with Crippen LogP contribution in [0, 0.1) is 0 Å². The zero-order chi connectivity index (χ0) is 8.55. The molecular formula is C11H15N. The summed E-state index contributed by atoms with van der Waals surface area (Å²) in [5.74, 6) is 0. The average molecular weight is 161 g/mol. The monoisotopic (exact) mass is 161 g/mol. The number of aryl methyl sites for hydroxylation is 1. The zero-order valence-corrected chi connectivity index (χ0v) is 7.75. The van der Waals surface area contributed by atoms with Crippen molar-refractivity contribution in [2.45, 2.75) is 19.4 Å². The molecule has 0 radical (unpaired) electrons. The molecule has 1 nitrogen and oxygen atoms in total. The van der Waals surface area contributed by atoms with E-state index in [0.717, 1.165) is 6.42 Å². The van der Waals surface area contributed by atoms with Crippen LogP contribution in [0.5, 0.6) is 0 Å². The number of benzene rings is 1. The second-order valence-electron chi connectivity index (χ2n) is 3.51. The Morgan fingerprint density at radius 3 is 2.67 bits per heavy atom. The van der Waals surface area contributed by atoms with Crippen molar-refractivity contribution in [3.8, 4) is 0 Å². The van der Waals surface area contributed by atoms with Crippen LogP contribution in [-0.4, -0.2) is 18.5 Å². The van der Waals surface area contributed by atoms with E-state index in [1.807, 2.05) is 0 Å². The first-order chi connectivity index (χ1) is 5.83. The quantitative estimate of drug-likeness (QED) is 0.601. The molecule has 1 aromatic carbocycles. The third-order valence-corrected chi connectivity index (χ3v) is 2.65. The lowest BCUT2D eigenvalue weighted by Crippen LogP contribution is -1.93. The molecule has 0 aliphatic carbocycles. The SMILES string of the molecule is CCc1ccccc1[C@H]1CN1C. The van der Waals surface area contributed by atoms with Gasteiger partial charge < -0.3 is 0 Å². The summed E-state index contributed by atoms with van der Waals surface area (Å²) in [5, 5.41) is 0. The molecule has 0 spiro atoms. The maximum absolute atomic E-state index is 2.37. The van der Waals surface area contributed by atoms with E-state index < -0.39 is 0 Å². The maximum Gasteiger partial charge on any atom is 0.0475 e. The van der Waals surface area contributed by atoms with Crippen molar-refractivity contribution >= 4 is 0 Å². The van der Waals surface area contributed by atoms with E-state index in [0.29, 0.717) is 6.04 Å². The van der Waals surface area contributed by atoms with E-state index in [4.69, 9.17) is 0 Å². The van der Waals surface area contributed by atoms with E-state index in [9.17, 15) is 0 Å². The Morgan fingerprint density at radius 2 is 2.08 bits per heavy atom. The summed E-state index contributed by atoms with van der Waals surface area (Å²) >= 11 is 0. The van der Waals surface area contributed by atoms with Gasteiger partial charge in [-0.2, -0.15) is 0 Å². The Kier molecular flexibility index (Phi) is 1.89. The molecule has 1 aromatic rings. The molecule has 64 valence electrons. The van der Waals surface area contributed by atoms with Crippen LogP contribution in [0.4, 0.5) is 0 Å². The molecule has 1 fully saturated rings. The molecular weight excluding hydrogens is 146 g/mol. The first kappa shape index (κ1) is 7.81. The normalized spacial score (nSPS) is 27.2. The molecule has 0 amide bonds. The van der Waals surface area contributed by atoms with E-state index in [1.165, 1.54) is 17.7 Å².